The molecule has 1 unspecified atom stereocenters. The van der Waals surface area contributed by atoms with Gasteiger partial charge in [-0.25, -0.2) is 0 Å². The molecule has 9 nitrogen and oxygen atoms in total. The molecule has 10 heteroatoms. The Morgan fingerprint density at radius 1 is 1.09 bits per heavy atom. The Kier molecular flexibility index (Phi) is 6.38. The largest absolute Gasteiger partial charge is 0.493 e. The van der Waals surface area contributed by atoms with E-state index < -0.39 is 29.7 Å². The molecule has 1 saturated heterocycles. The number of nitrogens with zero attached hydrogens (tertiary/aromatic N) is 2. The number of nitrogens with one attached hydrogen (secondary N) is 1. The third kappa shape index (κ3) is 4.34. The quantitative estimate of drug-likeness (QED) is 0.487. The second-order valence-electron chi connectivity index (χ2n) is 8.81. The van der Waals surface area contributed by atoms with Crippen LogP contribution in [-0.4, -0.2) is 53.6 Å². The number of aryl methyl sites for hydroxylation is 1. The monoisotopic (exact) mass is 495 g/mol. The van der Waals surface area contributed by atoms with Gasteiger partial charge in [-0.05, 0) is 55.7 Å². The molecule has 0 aliphatic carbocycles. The van der Waals surface area contributed by atoms with Crippen molar-refractivity contribution in [1.82, 2.24) is 10.2 Å². The van der Waals surface area contributed by atoms with Gasteiger partial charge in [0, 0.05) is 24.3 Å². The minimum Gasteiger partial charge on any atom is -0.493 e. The van der Waals surface area contributed by atoms with Gasteiger partial charge in [0.1, 0.15) is 11.8 Å². The van der Waals surface area contributed by atoms with Crippen LogP contribution in [0.25, 0.3) is 0 Å². The van der Waals surface area contributed by atoms with Gasteiger partial charge in [-0.3, -0.25) is 34.2 Å². The zero-order chi connectivity index (χ0) is 24.5. The molecule has 1 N–H and O–H groups in total. The first-order chi connectivity index (χ1) is 17.0. The Morgan fingerprint density at radius 2 is 1.94 bits per heavy atom. The van der Waals surface area contributed by atoms with Crippen molar-refractivity contribution in [2.75, 3.05) is 18.1 Å². The lowest BCUT2D eigenvalue weighted by molar-refractivity contribution is -0.136. The molecule has 2 aromatic rings. The molecular formula is C25H25N3O6S. The highest BCUT2D eigenvalue weighted by Crippen LogP contribution is 2.34. The van der Waals surface area contributed by atoms with Crippen molar-refractivity contribution in [3.63, 3.8) is 0 Å². The third-order valence-corrected chi connectivity index (χ3v) is 7.54. The fourth-order valence-corrected chi connectivity index (χ4v) is 5.76. The molecule has 1 aromatic carbocycles. The lowest BCUT2D eigenvalue weighted by atomic mass is 10.0. The van der Waals surface area contributed by atoms with Crippen molar-refractivity contribution in [3.05, 3.63) is 45.6 Å². The molecule has 4 heterocycles. The van der Waals surface area contributed by atoms with Gasteiger partial charge in [-0.15, -0.1) is 11.3 Å². The van der Waals surface area contributed by atoms with Gasteiger partial charge in [0.25, 0.3) is 11.8 Å². The summed E-state index contributed by atoms with van der Waals surface area (Å²) in [7, 11) is 0. The normalized spacial score (nSPS) is 19.8. The number of anilines is 1. The number of ether oxygens (including phenoxy) is 1. The first kappa shape index (κ1) is 23.2. The second kappa shape index (κ2) is 9.61. The molecule has 35 heavy (non-hydrogen) atoms. The Morgan fingerprint density at radius 3 is 2.77 bits per heavy atom. The van der Waals surface area contributed by atoms with E-state index in [1.165, 1.54) is 10.9 Å². The average molecular weight is 496 g/mol. The van der Waals surface area contributed by atoms with Crippen LogP contribution in [0.15, 0.2) is 29.6 Å². The topological polar surface area (TPSA) is 113 Å². The summed E-state index contributed by atoms with van der Waals surface area (Å²) in [6, 6.07) is 5.72. The molecule has 5 amide bonds. The Balaban J connectivity index is 1.23. The van der Waals surface area contributed by atoms with E-state index in [4.69, 9.17) is 4.74 Å². The van der Waals surface area contributed by atoms with Crippen molar-refractivity contribution in [3.8, 4) is 5.75 Å². The van der Waals surface area contributed by atoms with Gasteiger partial charge < -0.3 is 9.64 Å². The van der Waals surface area contributed by atoms with E-state index in [1.807, 2.05) is 16.3 Å². The molecule has 3 aliphatic heterocycles. The van der Waals surface area contributed by atoms with Gasteiger partial charge in [0.05, 0.1) is 23.4 Å². The number of benzene rings is 1. The zero-order valence-electron chi connectivity index (χ0n) is 19.1. The lowest BCUT2D eigenvalue weighted by Gasteiger charge is -2.27. The summed E-state index contributed by atoms with van der Waals surface area (Å²) >= 11 is 1.68. The molecule has 1 fully saturated rings. The summed E-state index contributed by atoms with van der Waals surface area (Å²) in [4.78, 5) is 66.7. The molecule has 0 bridgehead atoms. The van der Waals surface area contributed by atoms with Crippen LogP contribution in [0.1, 0.15) is 64.1 Å². The number of imide groups is 2. The molecule has 0 saturated carbocycles. The highest BCUT2D eigenvalue weighted by atomic mass is 32.1. The maximum absolute atomic E-state index is 13.1. The number of fused-ring (bicyclic) bond motifs is 2. The van der Waals surface area contributed by atoms with E-state index in [-0.39, 0.29) is 42.2 Å². The fourth-order valence-electron chi connectivity index (χ4n) is 4.84. The van der Waals surface area contributed by atoms with Crippen molar-refractivity contribution >= 4 is 46.6 Å². The van der Waals surface area contributed by atoms with E-state index in [2.05, 4.69) is 5.32 Å². The molecule has 1 aromatic heterocycles. The summed E-state index contributed by atoms with van der Waals surface area (Å²) in [5, 5.41) is 4.21. The van der Waals surface area contributed by atoms with Crippen LogP contribution in [0.3, 0.4) is 0 Å². The van der Waals surface area contributed by atoms with E-state index >= 15 is 0 Å². The van der Waals surface area contributed by atoms with Crippen molar-refractivity contribution < 1.29 is 28.7 Å². The summed E-state index contributed by atoms with van der Waals surface area (Å²) in [6.07, 6.45) is 3.96. The van der Waals surface area contributed by atoms with Crippen LogP contribution in [0.2, 0.25) is 0 Å². The molecule has 0 radical (unpaired) electrons. The number of carbonyl (C=O) groups excluding carboxylic acids is 5. The van der Waals surface area contributed by atoms with E-state index in [1.54, 1.807) is 23.5 Å². The zero-order valence-corrected chi connectivity index (χ0v) is 19.9. The Hall–Kier alpha value is -3.53. The molecule has 182 valence electrons. The molecule has 0 spiro atoms. The fraction of sp³-hybridized carbons (Fsp3) is 0.400. The van der Waals surface area contributed by atoms with Gasteiger partial charge in [0.15, 0.2) is 0 Å². The van der Waals surface area contributed by atoms with Gasteiger partial charge >= 0.3 is 0 Å². The van der Waals surface area contributed by atoms with Crippen LogP contribution in [0.5, 0.6) is 5.75 Å². The highest BCUT2D eigenvalue weighted by molar-refractivity contribution is 7.10. The highest BCUT2D eigenvalue weighted by Gasteiger charge is 2.46. The van der Waals surface area contributed by atoms with Crippen molar-refractivity contribution in [1.29, 1.82) is 0 Å². The van der Waals surface area contributed by atoms with Crippen molar-refractivity contribution in [2.45, 2.75) is 51.0 Å². The standard InChI is InChI=1S/C25H25N3O6S/c29-20-10-9-17(23(31)26-20)28-24(32)15-5-3-6-18(22(15)25(28)33)34-13-4-8-21(30)27-12-2-1-7-19-16(27)11-14-35-19/h3,5-6,11,14,17H,1-2,4,7-10,12-13H2,(H,26,29,31). The van der Waals surface area contributed by atoms with E-state index in [9.17, 15) is 24.0 Å². The first-order valence-electron chi connectivity index (χ1n) is 11.8. The smallest absolute Gasteiger partial charge is 0.266 e. The van der Waals surface area contributed by atoms with Crippen LogP contribution in [0.4, 0.5) is 5.69 Å². The number of carbonyl (C=O) groups is 5. The van der Waals surface area contributed by atoms with Crippen LogP contribution in [0, 0.1) is 0 Å². The molecule has 1 atom stereocenters. The second-order valence-corrected chi connectivity index (χ2v) is 9.81. The maximum Gasteiger partial charge on any atom is 0.266 e. The summed E-state index contributed by atoms with van der Waals surface area (Å²) in [6.45, 7) is 0.912. The predicted molar refractivity (Wildman–Crippen MR) is 127 cm³/mol. The van der Waals surface area contributed by atoms with Crippen LogP contribution >= 0.6 is 11.3 Å². The SMILES string of the molecule is O=C1CCC(N2C(=O)c3cccc(OCCCC(=O)N4CCCCc5sccc54)c3C2=O)C(=O)N1. The van der Waals surface area contributed by atoms with E-state index in [0.717, 1.165) is 29.8 Å². The van der Waals surface area contributed by atoms with Gasteiger partial charge in [0.2, 0.25) is 17.7 Å². The average Bonchev–Trinajstić information content (AvgIpc) is 3.33. The third-order valence-electron chi connectivity index (χ3n) is 6.57. The first-order valence-corrected chi connectivity index (χ1v) is 12.7. The minimum atomic E-state index is -1.03. The lowest BCUT2D eigenvalue weighted by Crippen LogP contribution is -2.54. The molecule has 5 rings (SSSR count). The Labute approximate surface area is 206 Å². The van der Waals surface area contributed by atoms with Gasteiger partial charge in [-0.2, -0.15) is 0 Å². The summed E-state index contributed by atoms with van der Waals surface area (Å²) in [5.41, 5.74) is 1.30. The number of rotatable bonds is 6. The maximum atomic E-state index is 13.1. The molecular weight excluding hydrogens is 470 g/mol. The minimum absolute atomic E-state index is 0.0451. The number of thiophene rings is 1. The van der Waals surface area contributed by atoms with E-state index in [0.29, 0.717) is 19.4 Å². The number of piperidine rings is 1. The Bertz CT molecular complexity index is 1220. The van der Waals surface area contributed by atoms with Crippen molar-refractivity contribution in [2.24, 2.45) is 0 Å². The van der Waals surface area contributed by atoms with Crippen LogP contribution < -0.4 is 15.0 Å². The molecule has 3 aliphatic rings. The summed E-state index contributed by atoms with van der Waals surface area (Å²) < 4.78 is 5.84. The van der Waals surface area contributed by atoms with Crippen LogP contribution in [-0.2, 0) is 20.8 Å². The number of amides is 5. The van der Waals surface area contributed by atoms with Gasteiger partial charge in [-0.1, -0.05) is 6.07 Å². The number of hydrogen-bond acceptors (Lipinski definition) is 7. The predicted octanol–water partition coefficient (Wildman–Crippen LogP) is 2.68. The summed E-state index contributed by atoms with van der Waals surface area (Å²) in [5.74, 6) is -1.97. The number of hydrogen-bond donors (Lipinski definition) is 1.